The predicted octanol–water partition coefficient (Wildman–Crippen LogP) is 2.49. The number of carbonyl (C=O) groups excluding carboxylic acids is 2. The largest absolute Gasteiger partial charge is 0.350 e. The summed E-state index contributed by atoms with van der Waals surface area (Å²) in [5, 5.41) is 2.88. The molecule has 3 rings (SSSR count). The molecule has 0 spiro atoms. The van der Waals surface area contributed by atoms with Crippen molar-refractivity contribution in [1.29, 1.82) is 0 Å². The maximum atomic E-state index is 13.3. The maximum absolute atomic E-state index is 13.3. The highest BCUT2D eigenvalue weighted by Crippen LogP contribution is 2.31. The molecule has 1 aliphatic rings. The lowest BCUT2D eigenvalue weighted by Gasteiger charge is -2.46. The second kappa shape index (κ2) is 8.80. The van der Waals surface area contributed by atoms with Gasteiger partial charge in [0.15, 0.2) is 0 Å². The minimum absolute atomic E-state index is 0.121. The number of hydrogen-bond donors (Lipinski definition) is 1. The summed E-state index contributed by atoms with van der Waals surface area (Å²) in [5.74, 6) is -0.523. The minimum Gasteiger partial charge on any atom is -0.350 e. The number of amides is 2. The van der Waals surface area contributed by atoms with Crippen molar-refractivity contribution >= 4 is 27.5 Å². The van der Waals surface area contributed by atoms with Crippen LogP contribution in [0.3, 0.4) is 0 Å². The van der Waals surface area contributed by atoms with E-state index < -0.39 is 27.4 Å². The van der Waals surface area contributed by atoms with Gasteiger partial charge in [-0.05, 0) is 36.1 Å². The number of anilines is 1. The molecule has 0 saturated carbocycles. The lowest BCUT2D eigenvalue weighted by Crippen LogP contribution is -2.70. The van der Waals surface area contributed by atoms with Crippen LogP contribution in [0.2, 0.25) is 0 Å². The average molecular weight is 444 g/mol. The number of rotatable bonds is 6. The molecule has 2 aromatic carbocycles. The van der Waals surface area contributed by atoms with E-state index in [-0.39, 0.29) is 19.6 Å². The Balaban J connectivity index is 1.95. The van der Waals surface area contributed by atoms with E-state index >= 15 is 0 Å². The van der Waals surface area contributed by atoms with Crippen LogP contribution in [-0.2, 0) is 26.2 Å². The van der Waals surface area contributed by atoms with Crippen LogP contribution >= 0.6 is 0 Å². The lowest BCUT2D eigenvalue weighted by molar-refractivity contribution is -0.133. The van der Waals surface area contributed by atoms with E-state index in [1.165, 1.54) is 4.90 Å². The van der Waals surface area contributed by atoms with Gasteiger partial charge in [0.25, 0.3) is 0 Å². The first-order valence-corrected chi connectivity index (χ1v) is 12.1. The Morgan fingerprint density at radius 3 is 2.26 bits per heavy atom. The van der Waals surface area contributed by atoms with Crippen molar-refractivity contribution in [2.45, 2.75) is 38.8 Å². The molecule has 7 nitrogen and oxygen atoms in total. The van der Waals surface area contributed by atoms with Crippen LogP contribution in [0, 0.1) is 0 Å². The molecule has 31 heavy (non-hydrogen) atoms. The molecule has 1 saturated heterocycles. The third kappa shape index (κ3) is 4.97. The van der Waals surface area contributed by atoms with Gasteiger partial charge in [0.05, 0.1) is 12.8 Å². The average Bonchev–Trinajstić information content (AvgIpc) is 2.72. The molecule has 8 heteroatoms. The molecule has 1 fully saturated rings. The van der Waals surface area contributed by atoms with Crippen LogP contribution in [0.5, 0.6) is 0 Å². The Labute approximate surface area is 184 Å². The highest BCUT2D eigenvalue weighted by atomic mass is 32.2. The van der Waals surface area contributed by atoms with Gasteiger partial charge in [-0.2, -0.15) is 4.31 Å². The van der Waals surface area contributed by atoms with Crippen molar-refractivity contribution in [3.05, 3.63) is 65.7 Å². The van der Waals surface area contributed by atoms with E-state index in [0.29, 0.717) is 11.6 Å². The van der Waals surface area contributed by atoms with Gasteiger partial charge in [-0.15, -0.1) is 0 Å². The van der Waals surface area contributed by atoms with E-state index in [0.717, 1.165) is 21.7 Å². The Hall–Kier alpha value is -2.71. The summed E-state index contributed by atoms with van der Waals surface area (Å²) >= 11 is 0. The molecule has 1 atom stereocenters. The van der Waals surface area contributed by atoms with Crippen molar-refractivity contribution in [3.8, 4) is 0 Å². The van der Waals surface area contributed by atoms with Crippen LogP contribution in [0.1, 0.15) is 37.8 Å². The van der Waals surface area contributed by atoms with Crippen LogP contribution in [0.4, 0.5) is 5.69 Å². The summed E-state index contributed by atoms with van der Waals surface area (Å²) in [7, 11) is -3.65. The highest BCUT2D eigenvalue weighted by molar-refractivity contribution is 7.88. The molecule has 1 unspecified atom stereocenters. The fourth-order valence-corrected chi connectivity index (χ4v) is 4.61. The fourth-order valence-electron chi connectivity index (χ4n) is 3.78. The zero-order valence-electron chi connectivity index (χ0n) is 18.3. The fraction of sp³-hybridized carbons (Fsp3) is 0.391. The molecule has 1 heterocycles. The molecule has 166 valence electrons. The third-order valence-corrected chi connectivity index (χ3v) is 6.81. The number of benzene rings is 2. The smallest absolute Gasteiger partial charge is 0.247 e. The van der Waals surface area contributed by atoms with Gasteiger partial charge >= 0.3 is 0 Å². The standard InChI is InChI=1S/C23H29N3O4S/c1-17(2)19-10-12-20(13-11-19)26-21(27)15-25(31(4,29)30)16-23(26,3)22(28)24-14-18-8-6-5-7-9-18/h5-13,17H,14-16H2,1-4H3,(H,24,28). The third-order valence-electron chi connectivity index (χ3n) is 5.61. The Morgan fingerprint density at radius 1 is 1.10 bits per heavy atom. The van der Waals surface area contributed by atoms with Gasteiger partial charge in [0.2, 0.25) is 21.8 Å². The number of nitrogens with zero attached hydrogens (tertiary/aromatic N) is 2. The summed E-state index contributed by atoms with van der Waals surface area (Å²) in [5.41, 5.74) is 1.20. The zero-order chi connectivity index (χ0) is 22.8. The quantitative estimate of drug-likeness (QED) is 0.743. The zero-order valence-corrected chi connectivity index (χ0v) is 19.1. The van der Waals surface area contributed by atoms with Gasteiger partial charge in [-0.3, -0.25) is 14.5 Å². The summed E-state index contributed by atoms with van der Waals surface area (Å²) in [4.78, 5) is 27.9. The van der Waals surface area contributed by atoms with Crippen LogP contribution in [0.15, 0.2) is 54.6 Å². The van der Waals surface area contributed by atoms with Gasteiger partial charge in [0, 0.05) is 18.8 Å². The number of nitrogens with one attached hydrogen (secondary N) is 1. The topological polar surface area (TPSA) is 86.8 Å². The molecular weight excluding hydrogens is 414 g/mol. The van der Waals surface area contributed by atoms with Crippen molar-refractivity contribution in [1.82, 2.24) is 9.62 Å². The summed E-state index contributed by atoms with van der Waals surface area (Å²) in [6.07, 6.45) is 1.05. The van der Waals surface area contributed by atoms with Gasteiger partial charge in [-0.1, -0.05) is 56.3 Å². The SMILES string of the molecule is CC(C)c1ccc(N2C(=O)CN(S(C)(=O)=O)CC2(C)C(=O)NCc2ccccc2)cc1. The molecular formula is C23H29N3O4S. The first-order chi connectivity index (χ1) is 14.5. The Bertz CT molecular complexity index is 1050. The second-order valence-electron chi connectivity index (χ2n) is 8.45. The lowest BCUT2D eigenvalue weighted by atomic mass is 9.93. The van der Waals surface area contributed by atoms with Crippen molar-refractivity contribution in [2.24, 2.45) is 0 Å². The first kappa shape index (κ1) is 23.0. The molecule has 2 aromatic rings. The molecule has 1 N–H and O–H groups in total. The van der Waals surface area contributed by atoms with E-state index in [1.807, 2.05) is 54.6 Å². The van der Waals surface area contributed by atoms with Crippen molar-refractivity contribution in [3.63, 3.8) is 0 Å². The number of piperazine rings is 1. The first-order valence-electron chi connectivity index (χ1n) is 10.2. The molecule has 1 aliphatic heterocycles. The predicted molar refractivity (Wildman–Crippen MR) is 121 cm³/mol. The molecule has 2 amide bonds. The summed E-state index contributed by atoms with van der Waals surface area (Å²) in [6.45, 7) is 5.62. The van der Waals surface area contributed by atoms with E-state index in [9.17, 15) is 18.0 Å². The van der Waals surface area contributed by atoms with Crippen LogP contribution < -0.4 is 10.2 Å². The molecule has 0 aromatic heterocycles. The van der Waals surface area contributed by atoms with Crippen LogP contribution in [-0.4, -0.2) is 49.4 Å². The van der Waals surface area contributed by atoms with E-state index in [2.05, 4.69) is 19.2 Å². The molecule has 0 radical (unpaired) electrons. The number of sulfonamides is 1. The Morgan fingerprint density at radius 2 is 1.71 bits per heavy atom. The second-order valence-corrected chi connectivity index (χ2v) is 10.4. The van der Waals surface area contributed by atoms with E-state index in [1.54, 1.807) is 6.92 Å². The number of carbonyl (C=O) groups is 2. The maximum Gasteiger partial charge on any atom is 0.247 e. The number of hydrogen-bond acceptors (Lipinski definition) is 4. The molecule has 0 bridgehead atoms. The van der Waals surface area contributed by atoms with Gasteiger partial charge < -0.3 is 5.32 Å². The van der Waals surface area contributed by atoms with Gasteiger partial charge in [-0.25, -0.2) is 8.42 Å². The van der Waals surface area contributed by atoms with Crippen molar-refractivity contribution in [2.75, 3.05) is 24.2 Å². The Kier molecular flexibility index (Phi) is 6.52. The van der Waals surface area contributed by atoms with Gasteiger partial charge in [0.1, 0.15) is 5.54 Å². The van der Waals surface area contributed by atoms with Crippen molar-refractivity contribution < 1.29 is 18.0 Å². The minimum atomic E-state index is -3.65. The monoisotopic (exact) mass is 443 g/mol. The van der Waals surface area contributed by atoms with Crippen LogP contribution in [0.25, 0.3) is 0 Å². The van der Waals surface area contributed by atoms with E-state index in [4.69, 9.17) is 0 Å². The summed E-state index contributed by atoms with van der Waals surface area (Å²) in [6, 6.07) is 16.9. The summed E-state index contributed by atoms with van der Waals surface area (Å²) < 4.78 is 25.5. The highest BCUT2D eigenvalue weighted by Gasteiger charge is 2.50. The normalized spacial score (nSPS) is 20.2. The molecule has 0 aliphatic carbocycles.